The van der Waals surface area contributed by atoms with Crippen molar-refractivity contribution < 1.29 is 17.9 Å². The lowest BCUT2D eigenvalue weighted by Crippen LogP contribution is -2.48. The quantitative estimate of drug-likeness (QED) is 0.577. The van der Waals surface area contributed by atoms with E-state index in [1.54, 1.807) is 20.8 Å². The minimum atomic E-state index is -3.27. The van der Waals surface area contributed by atoms with Crippen molar-refractivity contribution in [1.82, 2.24) is 9.62 Å². The van der Waals surface area contributed by atoms with Gasteiger partial charge in [-0.3, -0.25) is 4.79 Å². The molecule has 0 bridgehead atoms. The molecule has 170 valence electrons. The van der Waals surface area contributed by atoms with Gasteiger partial charge in [-0.25, -0.2) is 13.1 Å². The summed E-state index contributed by atoms with van der Waals surface area (Å²) < 4.78 is 31.6. The predicted molar refractivity (Wildman–Crippen MR) is 121 cm³/mol. The zero-order valence-corrected chi connectivity index (χ0v) is 19.7. The molecule has 7 nitrogen and oxygen atoms in total. The molecule has 0 saturated carbocycles. The fourth-order valence-corrected chi connectivity index (χ4v) is 4.22. The maximum absolute atomic E-state index is 12.8. The number of morpholine rings is 1. The van der Waals surface area contributed by atoms with E-state index in [-0.39, 0.29) is 18.1 Å². The Labute approximate surface area is 181 Å². The van der Waals surface area contributed by atoms with Gasteiger partial charge >= 0.3 is 0 Å². The molecule has 1 saturated heterocycles. The van der Waals surface area contributed by atoms with Crippen LogP contribution in [0.1, 0.15) is 64.2 Å². The van der Waals surface area contributed by atoms with Crippen molar-refractivity contribution in [3.05, 3.63) is 29.8 Å². The Morgan fingerprint density at radius 3 is 2.37 bits per heavy atom. The molecule has 1 amide bonds. The Kier molecular flexibility index (Phi) is 8.70. The van der Waals surface area contributed by atoms with Gasteiger partial charge in [-0.2, -0.15) is 0 Å². The third-order valence-electron chi connectivity index (χ3n) is 5.10. The molecule has 0 radical (unpaired) electrons. The minimum Gasteiger partial charge on any atom is -0.385 e. The van der Waals surface area contributed by atoms with Gasteiger partial charge in [0.15, 0.2) is 0 Å². The van der Waals surface area contributed by atoms with Gasteiger partial charge in [-0.05, 0) is 65.7 Å². The number of sulfonamides is 1. The number of carbonyl (C=O) groups excluding carboxylic acids is 1. The number of rotatable bonds is 9. The van der Waals surface area contributed by atoms with Crippen LogP contribution in [0.3, 0.4) is 0 Å². The number of hydrogen-bond acceptors (Lipinski definition) is 5. The second-order valence-corrected chi connectivity index (χ2v) is 11.6. The molecule has 30 heavy (non-hydrogen) atoms. The number of hydrogen-bond donors (Lipinski definition) is 2. The Bertz CT molecular complexity index is 795. The third-order valence-corrected chi connectivity index (χ3v) is 7.29. The van der Waals surface area contributed by atoms with Crippen LogP contribution in [0.25, 0.3) is 0 Å². The Balaban J connectivity index is 1.74. The molecular formula is C22H37N3O4S. The first-order valence-electron chi connectivity index (χ1n) is 10.8. The Morgan fingerprint density at radius 1 is 1.10 bits per heavy atom. The molecule has 1 heterocycles. The summed E-state index contributed by atoms with van der Waals surface area (Å²) in [5.74, 6) is 0.0341. The summed E-state index contributed by atoms with van der Waals surface area (Å²) in [7, 11) is -3.27. The molecule has 1 fully saturated rings. The van der Waals surface area contributed by atoms with E-state index in [1.807, 2.05) is 43.0 Å². The maximum atomic E-state index is 12.8. The van der Waals surface area contributed by atoms with Gasteiger partial charge in [0.2, 0.25) is 10.0 Å². The highest BCUT2D eigenvalue weighted by atomic mass is 32.2. The van der Waals surface area contributed by atoms with E-state index >= 15 is 0 Å². The van der Waals surface area contributed by atoms with Crippen molar-refractivity contribution in [2.75, 3.05) is 31.5 Å². The van der Waals surface area contributed by atoms with E-state index in [0.29, 0.717) is 25.2 Å². The first kappa shape index (κ1) is 24.6. The molecule has 2 N–H and O–H groups in total. The molecule has 0 spiro atoms. The summed E-state index contributed by atoms with van der Waals surface area (Å²) in [6, 6.07) is 7.59. The summed E-state index contributed by atoms with van der Waals surface area (Å²) in [6.07, 6.45) is 2.73. The molecule has 0 aromatic heterocycles. The predicted octanol–water partition coefficient (Wildman–Crippen LogP) is 3.24. The van der Waals surface area contributed by atoms with Crippen LogP contribution in [0.15, 0.2) is 24.3 Å². The third kappa shape index (κ3) is 7.25. The number of nitrogens with zero attached hydrogens (tertiary/aromatic N) is 1. The molecule has 1 aromatic rings. The minimum absolute atomic E-state index is 0.0341. The van der Waals surface area contributed by atoms with Crippen LogP contribution in [-0.2, 0) is 14.8 Å². The monoisotopic (exact) mass is 439 g/mol. The number of benzene rings is 1. The van der Waals surface area contributed by atoms with Crippen LogP contribution in [0.5, 0.6) is 0 Å². The molecule has 8 heteroatoms. The lowest BCUT2D eigenvalue weighted by Gasteiger charge is -2.35. The van der Waals surface area contributed by atoms with E-state index in [4.69, 9.17) is 4.74 Å². The Hall–Kier alpha value is -1.64. The molecule has 1 aliphatic heterocycles. The van der Waals surface area contributed by atoms with Gasteiger partial charge in [-0.15, -0.1) is 0 Å². The van der Waals surface area contributed by atoms with Crippen LogP contribution in [-0.4, -0.2) is 62.4 Å². The summed E-state index contributed by atoms with van der Waals surface area (Å²) in [5, 5.41) is 3.36. The van der Waals surface area contributed by atoms with Crippen molar-refractivity contribution in [1.29, 1.82) is 0 Å². The standard InChI is InChI=1S/C22H37N3O4S/c1-17-15-25(16-18(2)29-17)21(26)19-10-9-11-20(14-19)23-12-7-6-8-13-24-30(27,28)22(3,4)5/h9-11,14,17-18,23-24H,6-8,12-13,15-16H2,1-5H3/t17-,18+. The average Bonchev–Trinajstić information content (AvgIpc) is 2.65. The number of carbonyl (C=O) groups is 1. The van der Waals surface area contributed by atoms with Crippen LogP contribution in [0.2, 0.25) is 0 Å². The fraction of sp³-hybridized carbons (Fsp3) is 0.682. The lowest BCUT2D eigenvalue weighted by atomic mass is 10.1. The normalized spacial score (nSPS) is 20.2. The Morgan fingerprint density at radius 2 is 1.73 bits per heavy atom. The van der Waals surface area contributed by atoms with Gasteiger partial charge in [-0.1, -0.05) is 12.5 Å². The van der Waals surface area contributed by atoms with Gasteiger partial charge in [0.25, 0.3) is 5.91 Å². The fourth-order valence-electron chi connectivity index (χ4n) is 3.37. The lowest BCUT2D eigenvalue weighted by molar-refractivity contribution is -0.0586. The molecular weight excluding hydrogens is 402 g/mol. The number of unbranched alkanes of at least 4 members (excludes halogenated alkanes) is 2. The van der Waals surface area contributed by atoms with Crippen molar-refractivity contribution in [3.63, 3.8) is 0 Å². The summed E-state index contributed by atoms with van der Waals surface area (Å²) in [4.78, 5) is 14.7. The van der Waals surface area contributed by atoms with Crippen molar-refractivity contribution >= 4 is 21.6 Å². The number of nitrogens with one attached hydrogen (secondary N) is 2. The summed E-state index contributed by atoms with van der Waals surface area (Å²) in [6.45, 7) is 11.5. The zero-order valence-electron chi connectivity index (χ0n) is 18.9. The van der Waals surface area contributed by atoms with Crippen LogP contribution in [0, 0.1) is 0 Å². The number of anilines is 1. The van der Waals surface area contributed by atoms with Gasteiger partial charge in [0, 0.05) is 37.4 Å². The molecule has 0 aliphatic carbocycles. The van der Waals surface area contributed by atoms with E-state index < -0.39 is 14.8 Å². The molecule has 2 rings (SSSR count). The molecule has 2 atom stereocenters. The average molecular weight is 440 g/mol. The first-order chi connectivity index (χ1) is 14.0. The van der Waals surface area contributed by atoms with Crippen LogP contribution in [0.4, 0.5) is 5.69 Å². The molecule has 1 aliphatic rings. The highest BCUT2D eigenvalue weighted by Crippen LogP contribution is 2.17. The second kappa shape index (κ2) is 10.6. The van der Waals surface area contributed by atoms with Crippen molar-refractivity contribution in [2.45, 2.75) is 70.8 Å². The van der Waals surface area contributed by atoms with E-state index in [9.17, 15) is 13.2 Å². The van der Waals surface area contributed by atoms with Gasteiger partial charge in [0.1, 0.15) is 0 Å². The summed E-state index contributed by atoms with van der Waals surface area (Å²) in [5.41, 5.74) is 1.60. The highest BCUT2D eigenvalue weighted by molar-refractivity contribution is 7.90. The first-order valence-corrected chi connectivity index (χ1v) is 12.3. The van der Waals surface area contributed by atoms with Crippen molar-refractivity contribution in [2.24, 2.45) is 0 Å². The van der Waals surface area contributed by atoms with Gasteiger partial charge < -0.3 is 15.0 Å². The highest BCUT2D eigenvalue weighted by Gasteiger charge is 2.28. The topological polar surface area (TPSA) is 87.7 Å². The smallest absolute Gasteiger partial charge is 0.254 e. The SMILES string of the molecule is C[C@@H]1CN(C(=O)c2cccc(NCCCCCNS(=O)(=O)C(C)(C)C)c2)C[C@H](C)O1. The zero-order chi connectivity index (χ0) is 22.4. The van der Waals surface area contributed by atoms with Gasteiger partial charge in [0.05, 0.1) is 17.0 Å². The van der Waals surface area contributed by atoms with Crippen LogP contribution < -0.4 is 10.0 Å². The number of amides is 1. The van der Waals surface area contributed by atoms with Crippen LogP contribution >= 0.6 is 0 Å². The second-order valence-electron chi connectivity index (χ2n) is 9.05. The largest absolute Gasteiger partial charge is 0.385 e. The van der Waals surface area contributed by atoms with E-state index in [2.05, 4.69) is 10.0 Å². The maximum Gasteiger partial charge on any atom is 0.254 e. The number of ether oxygens (including phenoxy) is 1. The molecule has 0 unspecified atom stereocenters. The van der Waals surface area contributed by atoms with E-state index in [0.717, 1.165) is 31.5 Å². The van der Waals surface area contributed by atoms with Crippen molar-refractivity contribution in [3.8, 4) is 0 Å². The molecule has 1 aromatic carbocycles. The summed E-state index contributed by atoms with van der Waals surface area (Å²) >= 11 is 0. The van der Waals surface area contributed by atoms with E-state index in [1.165, 1.54) is 0 Å².